The van der Waals surface area contributed by atoms with Gasteiger partial charge in [0.1, 0.15) is 5.75 Å². The van der Waals surface area contributed by atoms with Crippen LogP contribution in [0.1, 0.15) is 11.1 Å². The third-order valence-corrected chi connectivity index (χ3v) is 2.84. The highest BCUT2D eigenvalue weighted by molar-refractivity contribution is 5.94. The zero-order chi connectivity index (χ0) is 17.1. The largest absolute Gasteiger partial charge is 0.421 e. The van der Waals surface area contributed by atoms with Gasteiger partial charge in [0.15, 0.2) is 23.3 Å². The molecule has 7 heteroatoms. The molecule has 0 aliphatic heterocycles. The minimum absolute atomic E-state index is 0.207. The predicted octanol–water partition coefficient (Wildman–Crippen LogP) is 4.63. The molecule has 0 aliphatic rings. The molecule has 0 bridgehead atoms. The molecule has 0 atom stereocenters. The number of hydrogen-bond donors (Lipinski definition) is 0. The van der Waals surface area contributed by atoms with Gasteiger partial charge in [-0.2, -0.15) is 4.39 Å². The van der Waals surface area contributed by atoms with Crippen LogP contribution >= 0.6 is 0 Å². The maximum absolute atomic E-state index is 13.8. The Bertz CT molecular complexity index is 759. The van der Waals surface area contributed by atoms with Crippen molar-refractivity contribution in [2.75, 3.05) is 0 Å². The van der Waals surface area contributed by atoms with Crippen molar-refractivity contribution in [1.82, 2.24) is 0 Å². The molecule has 0 fully saturated rings. The SMILES string of the molecule is Cc1ccc(/C(F)=C(/F)C(=O)Oc2cc(F)c(F)c(F)c2)cc1. The summed E-state index contributed by atoms with van der Waals surface area (Å²) in [5.41, 5.74) is 0.586. The lowest BCUT2D eigenvalue weighted by Gasteiger charge is -2.05. The van der Waals surface area contributed by atoms with E-state index in [2.05, 4.69) is 4.74 Å². The van der Waals surface area contributed by atoms with E-state index >= 15 is 0 Å². The summed E-state index contributed by atoms with van der Waals surface area (Å²) < 4.78 is 70.5. The number of benzene rings is 2. The molecule has 0 unspecified atom stereocenters. The summed E-state index contributed by atoms with van der Waals surface area (Å²) in [5, 5.41) is 0. The number of rotatable bonds is 3. The Hall–Kier alpha value is -2.70. The fourth-order valence-electron chi connectivity index (χ4n) is 1.66. The molecule has 2 nitrogen and oxygen atoms in total. The predicted molar refractivity (Wildman–Crippen MR) is 72.3 cm³/mol. The molecule has 0 N–H and O–H groups in total. The smallest absolute Gasteiger partial charge is 0.375 e. The lowest BCUT2D eigenvalue weighted by Crippen LogP contribution is -2.10. The van der Waals surface area contributed by atoms with Gasteiger partial charge < -0.3 is 4.74 Å². The highest BCUT2D eigenvalue weighted by atomic mass is 19.2. The molecule has 0 spiro atoms. The quantitative estimate of drug-likeness (QED) is 0.270. The van der Waals surface area contributed by atoms with E-state index in [0.29, 0.717) is 12.1 Å². The number of ether oxygens (including phenoxy) is 1. The first-order valence-corrected chi connectivity index (χ1v) is 6.28. The number of halogens is 5. The Morgan fingerprint density at radius 2 is 1.48 bits per heavy atom. The van der Waals surface area contributed by atoms with Crippen molar-refractivity contribution >= 4 is 11.8 Å². The number of carbonyl (C=O) groups is 1. The Morgan fingerprint density at radius 3 is 2.00 bits per heavy atom. The Kier molecular flexibility index (Phi) is 4.78. The topological polar surface area (TPSA) is 26.3 Å². The summed E-state index contributed by atoms with van der Waals surface area (Å²) in [4.78, 5) is 11.5. The van der Waals surface area contributed by atoms with Crippen LogP contribution in [0.5, 0.6) is 5.75 Å². The van der Waals surface area contributed by atoms with Gasteiger partial charge in [-0.15, -0.1) is 0 Å². The molecule has 0 aromatic heterocycles. The normalized spacial score (nSPS) is 11.9. The molecular formula is C16H9F5O2. The molecule has 2 aromatic carbocycles. The second kappa shape index (κ2) is 6.60. The van der Waals surface area contributed by atoms with Gasteiger partial charge in [0.25, 0.3) is 0 Å². The summed E-state index contributed by atoms with van der Waals surface area (Å²) in [6, 6.07) is 6.17. The molecule has 120 valence electrons. The molecule has 2 rings (SSSR count). The van der Waals surface area contributed by atoms with E-state index in [9.17, 15) is 26.7 Å². The third kappa shape index (κ3) is 3.74. The number of aryl methyl sites for hydroxylation is 1. The fourth-order valence-corrected chi connectivity index (χ4v) is 1.66. The molecule has 2 aromatic rings. The van der Waals surface area contributed by atoms with Gasteiger partial charge in [0.05, 0.1) is 0 Å². The van der Waals surface area contributed by atoms with Crippen LogP contribution in [-0.2, 0) is 4.79 Å². The zero-order valence-corrected chi connectivity index (χ0v) is 11.7. The maximum atomic E-state index is 13.8. The summed E-state index contributed by atoms with van der Waals surface area (Å²) in [5.74, 6) is -11.0. The van der Waals surface area contributed by atoms with Crippen molar-refractivity contribution in [3.05, 3.63) is 70.8 Å². The third-order valence-electron chi connectivity index (χ3n) is 2.84. The van der Waals surface area contributed by atoms with Gasteiger partial charge in [-0.1, -0.05) is 29.8 Å². The van der Waals surface area contributed by atoms with E-state index in [1.54, 1.807) is 6.92 Å². The molecule has 0 radical (unpaired) electrons. The van der Waals surface area contributed by atoms with Crippen molar-refractivity contribution in [2.45, 2.75) is 6.92 Å². The first kappa shape index (κ1) is 16.7. The van der Waals surface area contributed by atoms with Gasteiger partial charge in [0, 0.05) is 17.7 Å². The van der Waals surface area contributed by atoms with Crippen LogP contribution in [0.3, 0.4) is 0 Å². The molecule has 0 amide bonds. The van der Waals surface area contributed by atoms with Gasteiger partial charge in [-0.3, -0.25) is 0 Å². The van der Waals surface area contributed by atoms with E-state index in [-0.39, 0.29) is 5.56 Å². The number of hydrogen-bond acceptors (Lipinski definition) is 2. The number of carbonyl (C=O) groups excluding carboxylic acids is 1. The summed E-state index contributed by atoms with van der Waals surface area (Å²) in [6.45, 7) is 1.73. The molecule has 0 saturated heterocycles. The standard InChI is InChI=1S/C16H9F5O2/c1-8-2-4-9(5-3-8)13(19)15(21)16(22)23-10-6-11(17)14(20)12(18)7-10/h2-7H,1H3/b15-13-. The molecular weight excluding hydrogens is 319 g/mol. The summed E-state index contributed by atoms with van der Waals surface area (Å²) in [7, 11) is 0. The lowest BCUT2D eigenvalue weighted by atomic mass is 10.1. The van der Waals surface area contributed by atoms with E-state index in [1.807, 2.05) is 0 Å². The van der Waals surface area contributed by atoms with Crippen LogP contribution in [0.25, 0.3) is 5.83 Å². The van der Waals surface area contributed by atoms with Crippen LogP contribution in [-0.4, -0.2) is 5.97 Å². The van der Waals surface area contributed by atoms with Gasteiger partial charge >= 0.3 is 5.97 Å². The van der Waals surface area contributed by atoms with Crippen LogP contribution in [0.4, 0.5) is 22.0 Å². The van der Waals surface area contributed by atoms with E-state index in [4.69, 9.17) is 0 Å². The molecule has 0 saturated carbocycles. The summed E-state index contributed by atoms with van der Waals surface area (Å²) in [6.07, 6.45) is 0. The minimum atomic E-state index is -1.88. The average molecular weight is 328 g/mol. The van der Waals surface area contributed by atoms with E-state index < -0.39 is 40.8 Å². The van der Waals surface area contributed by atoms with Gasteiger partial charge in [0.2, 0.25) is 5.83 Å². The van der Waals surface area contributed by atoms with Crippen molar-refractivity contribution < 1.29 is 31.5 Å². The molecule has 0 aliphatic carbocycles. The van der Waals surface area contributed by atoms with E-state index in [1.165, 1.54) is 24.3 Å². The zero-order valence-electron chi connectivity index (χ0n) is 11.7. The Morgan fingerprint density at radius 1 is 0.957 bits per heavy atom. The van der Waals surface area contributed by atoms with Crippen LogP contribution in [0.15, 0.2) is 42.2 Å². The summed E-state index contributed by atoms with van der Waals surface area (Å²) >= 11 is 0. The van der Waals surface area contributed by atoms with Crippen molar-refractivity contribution in [2.24, 2.45) is 0 Å². The van der Waals surface area contributed by atoms with Gasteiger partial charge in [-0.25, -0.2) is 22.4 Å². The minimum Gasteiger partial charge on any atom is -0.421 e. The number of esters is 1. The van der Waals surface area contributed by atoms with Crippen LogP contribution in [0, 0.1) is 24.4 Å². The van der Waals surface area contributed by atoms with Crippen molar-refractivity contribution in [3.8, 4) is 5.75 Å². The highest BCUT2D eigenvalue weighted by Crippen LogP contribution is 2.25. The van der Waals surface area contributed by atoms with Crippen LogP contribution < -0.4 is 4.74 Å². The highest BCUT2D eigenvalue weighted by Gasteiger charge is 2.21. The Labute approximate surface area is 127 Å². The monoisotopic (exact) mass is 328 g/mol. The van der Waals surface area contributed by atoms with Crippen molar-refractivity contribution in [1.29, 1.82) is 0 Å². The maximum Gasteiger partial charge on any atom is 0.375 e. The molecule has 0 heterocycles. The lowest BCUT2D eigenvalue weighted by molar-refractivity contribution is -0.131. The Balaban J connectivity index is 2.25. The first-order chi connectivity index (χ1) is 10.8. The average Bonchev–Trinajstić information content (AvgIpc) is 2.51. The van der Waals surface area contributed by atoms with E-state index in [0.717, 1.165) is 5.56 Å². The fraction of sp³-hybridized carbons (Fsp3) is 0.0625. The molecule has 23 heavy (non-hydrogen) atoms. The second-order valence-electron chi connectivity index (χ2n) is 4.58. The van der Waals surface area contributed by atoms with Crippen LogP contribution in [0.2, 0.25) is 0 Å². The van der Waals surface area contributed by atoms with Gasteiger partial charge in [-0.05, 0) is 6.92 Å². The second-order valence-corrected chi connectivity index (χ2v) is 4.58. The van der Waals surface area contributed by atoms with Crippen molar-refractivity contribution in [3.63, 3.8) is 0 Å². The first-order valence-electron chi connectivity index (χ1n) is 6.28.